The molecule has 0 saturated heterocycles. The van der Waals surface area contributed by atoms with Crippen LogP contribution in [0.25, 0.3) is 0 Å². The van der Waals surface area contributed by atoms with Gasteiger partial charge in [0.2, 0.25) is 0 Å². The molecule has 1 fully saturated rings. The molecule has 4 N–H and O–H groups in total. The molecule has 3 nitrogen and oxygen atoms in total. The summed E-state index contributed by atoms with van der Waals surface area (Å²) in [5.41, 5.74) is 5.51. The maximum atomic E-state index is 5.51. The lowest BCUT2D eigenvalue weighted by Crippen LogP contribution is -2.27. The van der Waals surface area contributed by atoms with Crippen molar-refractivity contribution >= 4 is 37.2 Å². The number of nitrogens with one attached hydrogen (secondary N) is 2. The predicted octanol–water partition coefficient (Wildman–Crippen LogP) is 6.26. The minimum absolute atomic E-state index is 0. The van der Waals surface area contributed by atoms with E-state index in [-0.39, 0.29) is 37.2 Å². The summed E-state index contributed by atoms with van der Waals surface area (Å²) in [5.74, 6) is 0.912. The Morgan fingerprint density at radius 1 is 0.536 bits per heavy atom. The minimum Gasteiger partial charge on any atom is -0.330 e. The second kappa shape index (κ2) is 27.8. The van der Waals surface area contributed by atoms with Crippen LogP contribution in [0.4, 0.5) is 0 Å². The third kappa shape index (κ3) is 23.0. The molecule has 0 spiro atoms. The van der Waals surface area contributed by atoms with Crippen LogP contribution in [0, 0.1) is 5.92 Å². The molecule has 1 aliphatic rings. The summed E-state index contributed by atoms with van der Waals surface area (Å²) in [4.78, 5) is 0. The summed E-state index contributed by atoms with van der Waals surface area (Å²) < 4.78 is 0. The van der Waals surface area contributed by atoms with Gasteiger partial charge >= 0.3 is 0 Å². The smallest absolute Gasteiger partial charge is 0.00205 e. The number of hydrogen-bond donors (Lipinski definition) is 3. The Morgan fingerprint density at radius 3 is 1.39 bits per heavy atom. The Balaban J connectivity index is -0.00000208. The molecule has 1 aliphatic carbocycles. The van der Waals surface area contributed by atoms with Crippen LogP contribution in [-0.2, 0) is 0 Å². The fourth-order valence-electron chi connectivity index (χ4n) is 3.98. The molecule has 0 aromatic carbocycles. The molecular formula is C22H50Cl3N3. The van der Waals surface area contributed by atoms with E-state index in [2.05, 4.69) is 10.6 Å². The Kier molecular flexibility index (Phi) is 33.1. The Hall–Kier alpha value is 0.750. The molecule has 0 radical (unpaired) electrons. The van der Waals surface area contributed by atoms with Crippen LogP contribution in [0.1, 0.15) is 103 Å². The van der Waals surface area contributed by atoms with E-state index in [1.807, 2.05) is 0 Å². The van der Waals surface area contributed by atoms with Gasteiger partial charge < -0.3 is 16.4 Å². The van der Waals surface area contributed by atoms with E-state index in [1.165, 1.54) is 103 Å². The average Bonchev–Trinajstić information content (AvgIpc) is 2.63. The first-order valence-electron chi connectivity index (χ1n) is 11.5. The third-order valence-corrected chi connectivity index (χ3v) is 5.67. The Labute approximate surface area is 194 Å². The largest absolute Gasteiger partial charge is 0.330 e. The highest BCUT2D eigenvalue weighted by atomic mass is 35.5. The van der Waals surface area contributed by atoms with Gasteiger partial charge in [-0.15, -0.1) is 37.2 Å². The molecule has 1 rings (SSSR count). The van der Waals surface area contributed by atoms with Crippen molar-refractivity contribution < 1.29 is 0 Å². The van der Waals surface area contributed by atoms with Crippen molar-refractivity contribution in [3.05, 3.63) is 0 Å². The SMILES string of the molecule is Cl.Cl.Cl.NCCCNCCCNCC1CCCCCCCCCCCCCC1. The second-order valence-corrected chi connectivity index (χ2v) is 8.14. The summed E-state index contributed by atoms with van der Waals surface area (Å²) >= 11 is 0. The fourth-order valence-corrected chi connectivity index (χ4v) is 3.98. The molecule has 6 heteroatoms. The van der Waals surface area contributed by atoms with Gasteiger partial charge in [0.25, 0.3) is 0 Å². The molecule has 0 aliphatic heterocycles. The molecule has 0 aromatic rings. The first kappa shape index (κ1) is 33.4. The summed E-state index contributed by atoms with van der Waals surface area (Å²) in [6.45, 7) is 5.39. The zero-order chi connectivity index (χ0) is 17.8. The molecule has 0 unspecified atom stereocenters. The van der Waals surface area contributed by atoms with E-state index >= 15 is 0 Å². The monoisotopic (exact) mass is 461 g/mol. The Bertz CT molecular complexity index is 255. The van der Waals surface area contributed by atoms with Crippen molar-refractivity contribution in [2.45, 2.75) is 103 Å². The highest BCUT2D eigenvalue weighted by Crippen LogP contribution is 2.20. The number of nitrogens with two attached hydrogens (primary N) is 1. The van der Waals surface area contributed by atoms with Crippen molar-refractivity contribution in [1.82, 2.24) is 10.6 Å². The lowest BCUT2D eigenvalue weighted by molar-refractivity contribution is 0.381. The van der Waals surface area contributed by atoms with E-state index in [0.29, 0.717) is 0 Å². The van der Waals surface area contributed by atoms with Crippen molar-refractivity contribution in [2.24, 2.45) is 11.7 Å². The molecule has 1 saturated carbocycles. The van der Waals surface area contributed by atoms with Crippen LogP contribution in [-0.4, -0.2) is 32.7 Å². The van der Waals surface area contributed by atoms with Gasteiger partial charge in [-0.2, -0.15) is 0 Å². The first-order chi connectivity index (χ1) is 12.4. The normalized spacial score (nSPS) is 17.9. The maximum absolute atomic E-state index is 5.51. The summed E-state index contributed by atoms with van der Waals surface area (Å²) in [7, 11) is 0. The van der Waals surface area contributed by atoms with Gasteiger partial charge in [0.05, 0.1) is 0 Å². The first-order valence-corrected chi connectivity index (χ1v) is 11.5. The number of hydrogen-bond acceptors (Lipinski definition) is 3. The zero-order valence-electron chi connectivity index (χ0n) is 18.2. The van der Waals surface area contributed by atoms with Crippen LogP contribution in [0.5, 0.6) is 0 Å². The zero-order valence-corrected chi connectivity index (χ0v) is 20.7. The van der Waals surface area contributed by atoms with Gasteiger partial charge in [-0.05, 0) is 64.3 Å². The second-order valence-electron chi connectivity index (χ2n) is 8.14. The van der Waals surface area contributed by atoms with Gasteiger partial charge in [0.15, 0.2) is 0 Å². The fraction of sp³-hybridized carbons (Fsp3) is 1.00. The van der Waals surface area contributed by atoms with Gasteiger partial charge in [-0.3, -0.25) is 0 Å². The topological polar surface area (TPSA) is 50.1 Å². The van der Waals surface area contributed by atoms with Gasteiger partial charge in [0, 0.05) is 0 Å². The molecular weight excluding hydrogens is 413 g/mol. The van der Waals surface area contributed by atoms with Crippen molar-refractivity contribution in [2.75, 3.05) is 32.7 Å². The van der Waals surface area contributed by atoms with Crippen molar-refractivity contribution in [3.63, 3.8) is 0 Å². The lowest BCUT2D eigenvalue weighted by atomic mass is 9.94. The predicted molar refractivity (Wildman–Crippen MR) is 134 cm³/mol. The van der Waals surface area contributed by atoms with E-state index < -0.39 is 0 Å². The third-order valence-electron chi connectivity index (χ3n) is 5.67. The van der Waals surface area contributed by atoms with Crippen molar-refractivity contribution in [3.8, 4) is 0 Å². The highest BCUT2D eigenvalue weighted by molar-refractivity contribution is 5.86. The lowest BCUT2D eigenvalue weighted by Gasteiger charge is -2.18. The van der Waals surface area contributed by atoms with Gasteiger partial charge in [-0.1, -0.05) is 77.0 Å². The van der Waals surface area contributed by atoms with E-state index in [9.17, 15) is 0 Å². The average molecular weight is 463 g/mol. The molecule has 28 heavy (non-hydrogen) atoms. The molecule has 0 aromatic heterocycles. The van der Waals surface area contributed by atoms with Crippen LogP contribution in [0.3, 0.4) is 0 Å². The molecule has 0 bridgehead atoms. The van der Waals surface area contributed by atoms with Crippen molar-refractivity contribution in [1.29, 1.82) is 0 Å². The van der Waals surface area contributed by atoms with Crippen LogP contribution in [0.15, 0.2) is 0 Å². The van der Waals surface area contributed by atoms with Crippen LogP contribution < -0.4 is 16.4 Å². The standard InChI is InChI=1S/C22H47N3.3ClH/c23-17-13-18-24-19-14-20-25-21-22-15-11-9-7-5-3-1-2-4-6-8-10-12-16-22;;;/h22,24-25H,1-21,23H2;3*1H. The molecule has 0 amide bonds. The summed E-state index contributed by atoms with van der Waals surface area (Å²) in [6, 6.07) is 0. The Morgan fingerprint density at radius 2 is 0.929 bits per heavy atom. The highest BCUT2D eigenvalue weighted by Gasteiger charge is 2.08. The van der Waals surface area contributed by atoms with Gasteiger partial charge in [0.1, 0.15) is 0 Å². The molecule has 174 valence electrons. The quantitative estimate of drug-likeness (QED) is 0.354. The summed E-state index contributed by atoms with van der Waals surface area (Å²) in [6.07, 6.45) is 22.8. The van der Waals surface area contributed by atoms with E-state index in [4.69, 9.17) is 5.73 Å². The van der Waals surface area contributed by atoms with Crippen LogP contribution in [0.2, 0.25) is 0 Å². The van der Waals surface area contributed by atoms with Crippen LogP contribution >= 0.6 is 37.2 Å². The number of halogens is 3. The summed E-state index contributed by atoms with van der Waals surface area (Å²) in [5, 5.41) is 7.19. The van der Waals surface area contributed by atoms with E-state index in [1.54, 1.807) is 0 Å². The van der Waals surface area contributed by atoms with E-state index in [0.717, 1.165) is 38.5 Å². The maximum Gasteiger partial charge on any atom is -0.00205 e. The van der Waals surface area contributed by atoms with Gasteiger partial charge in [-0.25, -0.2) is 0 Å². The molecule has 0 heterocycles. The minimum atomic E-state index is 0. The number of rotatable bonds is 9. The molecule has 0 atom stereocenters.